The molecule has 0 rings (SSSR count). The molecule has 0 saturated heterocycles. The van der Waals surface area contributed by atoms with Crippen LogP contribution >= 0.6 is 0 Å². The zero-order valence-electron chi connectivity index (χ0n) is 5.33. The molecule has 0 bridgehead atoms. The molecule has 0 aliphatic carbocycles. The molecular formula is C9H10. The van der Waals surface area contributed by atoms with E-state index in [1.54, 1.807) is 12.2 Å². The molecule has 9 heavy (non-hydrogen) atoms. The number of rotatable bonds is 4. The SMILES string of the molecule is [CH]=C/C=C/C=C/CC=[CH]. The molecule has 2 radical (unpaired) electrons. The lowest BCUT2D eigenvalue weighted by molar-refractivity contribution is 1.40. The maximum Gasteiger partial charge on any atom is -0.0163 e. The number of hydrogen-bond donors (Lipinski definition) is 0. The first-order valence-corrected chi connectivity index (χ1v) is 2.82. The van der Waals surface area contributed by atoms with Gasteiger partial charge in [-0.15, -0.1) is 0 Å². The summed E-state index contributed by atoms with van der Waals surface area (Å²) in [5.41, 5.74) is 0. The van der Waals surface area contributed by atoms with Crippen LogP contribution in [0.15, 0.2) is 36.5 Å². The minimum Gasteiger partial charge on any atom is -0.0808 e. The summed E-state index contributed by atoms with van der Waals surface area (Å²) in [5, 5.41) is 0. The Hall–Kier alpha value is -1.04. The van der Waals surface area contributed by atoms with Crippen LogP contribution in [0, 0.1) is 13.2 Å². The van der Waals surface area contributed by atoms with Gasteiger partial charge in [-0.2, -0.15) is 0 Å². The van der Waals surface area contributed by atoms with Crippen molar-refractivity contribution in [2.75, 3.05) is 0 Å². The summed E-state index contributed by atoms with van der Waals surface area (Å²) in [7, 11) is 0. The summed E-state index contributed by atoms with van der Waals surface area (Å²) in [6.45, 7) is 10.2. The van der Waals surface area contributed by atoms with Crippen molar-refractivity contribution < 1.29 is 0 Å². The van der Waals surface area contributed by atoms with Crippen LogP contribution in [0.2, 0.25) is 0 Å². The maximum atomic E-state index is 5.11. The van der Waals surface area contributed by atoms with Crippen LogP contribution in [0.3, 0.4) is 0 Å². The molecule has 0 aromatic carbocycles. The lowest BCUT2D eigenvalue weighted by Gasteiger charge is -1.73. The Morgan fingerprint density at radius 1 is 1.00 bits per heavy atom. The van der Waals surface area contributed by atoms with E-state index >= 15 is 0 Å². The monoisotopic (exact) mass is 118 g/mol. The maximum absolute atomic E-state index is 5.11. The van der Waals surface area contributed by atoms with E-state index < -0.39 is 0 Å². The second-order valence-corrected chi connectivity index (χ2v) is 1.48. The Bertz CT molecular complexity index is 127. The van der Waals surface area contributed by atoms with Crippen LogP contribution in [0.5, 0.6) is 0 Å². The van der Waals surface area contributed by atoms with Crippen LogP contribution in [0.4, 0.5) is 0 Å². The molecule has 0 unspecified atom stereocenters. The van der Waals surface area contributed by atoms with Gasteiger partial charge >= 0.3 is 0 Å². The van der Waals surface area contributed by atoms with Gasteiger partial charge in [-0.3, -0.25) is 0 Å². The van der Waals surface area contributed by atoms with E-state index in [1.807, 2.05) is 18.2 Å². The van der Waals surface area contributed by atoms with E-state index in [-0.39, 0.29) is 0 Å². The molecule has 0 heterocycles. The molecule has 0 aromatic rings. The van der Waals surface area contributed by atoms with Gasteiger partial charge in [0, 0.05) is 0 Å². The number of hydrogen-bond acceptors (Lipinski definition) is 0. The smallest absolute Gasteiger partial charge is 0.0163 e. The molecule has 0 heteroatoms. The summed E-state index contributed by atoms with van der Waals surface area (Å²) < 4.78 is 0. The van der Waals surface area contributed by atoms with Crippen molar-refractivity contribution in [3.8, 4) is 0 Å². The molecule has 0 amide bonds. The summed E-state index contributed by atoms with van der Waals surface area (Å²) in [5.74, 6) is 0. The predicted molar refractivity (Wildman–Crippen MR) is 40.6 cm³/mol. The first-order chi connectivity index (χ1) is 4.41. The molecule has 0 aliphatic heterocycles. The fraction of sp³-hybridized carbons (Fsp3) is 0.111. The van der Waals surface area contributed by atoms with Crippen LogP contribution in [-0.2, 0) is 0 Å². The molecule has 0 fully saturated rings. The second kappa shape index (κ2) is 6.96. The highest BCUT2D eigenvalue weighted by atomic mass is 13.7. The van der Waals surface area contributed by atoms with E-state index in [2.05, 4.69) is 0 Å². The first-order valence-electron chi connectivity index (χ1n) is 2.82. The molecule has 0 N–H and O–H groups in total. The molecule has 0 spiro atoms. The van der Waals surface area contributed by atoms with Crippen molar-refractivity contribution >= 4 is 0 Å². The molecule has 46 valence electrons. The third-order valence-corrected chi connectivity index (χ3v) is 0.742. The summed E-state index contributed by atoms with van der Waals surface area (Å²) in [4.78, 5) is 0. The number of allylic oxidation sites excluding steroid dienone is 6. The van der Waals surface area contributed by atoms with Crippen LogP contribution in [0.1, 0.15) is 6.42 Å². The third-order valence-electron chi connectivity index (χ3n) is 0.742. The Kier molecular flexibility index (Phi) is 6.16. The molecular weight excluding hydrogens is 108 g/mol. The van der Waals surface area contributed by atoms with Gasteiger partial charge in [0.1, 0.15) is 0 Å². The Labute approximate surface area is 56.9 Å². The van der Waals surface area contributed by atoms with Crippen molar-refractivity contribution in [2.24, 2.45) is 0 Å². The van der Waals surface area contributed by atoms with E-state index in [0.717, 1.165) is 6.42 Å². The Morgan fingerprint density at radius 3 is 2.33 bits per heavy atom. The average molecular weight is 118 g/mol. The van der Waals surface area contributed by atoms with Crippen molar-refractivity contribution in [1.29, 1.82) is 0 Å². The van der Waals surface area contributed by atoms with Gasteiger partial charge in [0.2, 0.25) is 0 Å². The first kappa shape index (κ1) is 7.96. The molecule has 0 saturated carbocycles. The van der Waals surface area contributed by atoms with Gasteiger partial charge in [0.15, 0.2) is 0 Å². The summed E-state index contributed by atoms with van der Waals surface area (Å²) in [6, 6.07) is 0. The Balaban J connectivity index is 3.33. The normalized spacial score (nSPS) is 10.7. The molecule has 0 aromatic heterocycles. The zero-order valence-corrected chi connectivity index (χ0v) is 5.33. The van der Waals surface area contributed by atoms with Gasteiger partial charge in [0.25, 0.3) is 0 Å². The Morgan fingerprint density at radius 2 is 1.78 bits per heavy atom. The molecule has 0 aliphatic rings. The van der Waals surface area contributed by atoms with Gasteiger partial charge in [-0.05, 0) is 6.42 Å². The standard InChI is InChI=1S/C9H10/c1-3-5-7-9-8-6-4-2/h1-5,7-9H,6H2/b3-1?,4-2?,7-5+,9-8+. The highest BCUT2D eigenvalue weighted by Crippen LogP contribution is 1.83. The van der Waals surface area contributed by atoms with Gasteiger partial charge in [-0.1, -0.05) is 49.6 Å². The zero-order chi connectivity index (χ0) is 6.95. The van der Waals surface area contributed by atoms with Crippen LogP contribution in [-0.4, -0.2) is 0 Å². The van der Waals surface area contributed by atoms with E-state index in [1.165, 1.54) is 6.08 Å². The van der Waals surface area contributed by atoms with Crippen LogP contribution < -0.4 is 0 Å². The van der Waals surface area contributed by atoms with Crippen LogP contribution in [0.25, 0.3) is 0 Å². The summed E-state index contributed by atoms with van der Waals surface area (Å²) >= 11 is 0. The van der Waals surface area contributed by atoms with Crippen molar-refractivity contribution in [2.45, 2.75) is 6.42 Å². The topological polar surface area (TPSA) is 0 Å². The quantitative estimate of drug-likeness (QED) is 0.497. The van der Waals surface area contributed by atoms with E-state index in [9.17, 15) is 0 Å². The summed E-state index contributed by atoms with van der Waals surface area (Å²) in [6.07, 6.45) is 11.3. The van der Waals surface area contributed by atoms with E-state index in [4.69, 9.17) is 13.2 Å². The van der Waals surface area contributed by atoms with Crippen molar-refractivity contribution in [3.63, 3.8) is 0 Å². The largest absolute Gasteiger partial charge is 0.0808 e. The van der Waals surface area contributed by atoms with Crippen molar-refractivity contribution in [3.05, 3.63) is 49.6 Å². The highest BCUT2D eigenvalue weighted by Gasteiger charge is 1.62. The molecule has 0 nitrogen and oxygen atoms in total. The van der Waals surface area contributed by atoms with Crippen molar-refractivity contribution in [1.82, 2.24) is 0 Å². The highest BCUT2D eigenvalue weighted by molar-refractivity contribution is 5.08. The lowest BCUT2D eigenvalue weighted by Crippen LogP contribution is -1.52. The van der Waals surface area contributed by atoms with E-state index in [0.29, 0.717) is 0 Å². The van der Waals surface area contributed by atoms with Gasteiger partial charge < -0.3 is 0 Å². The minimum absolute atomic E-state index is 0.801. The minimum atomic E-state index is 0.801. The fourth-order valence-electron chi connectivity index (χ4n) is 0.364. The fourth-order valence-corrected chi connectivity index (χ4v) is 0.364. The van der Waals surface area contributed by atoms with Gasteiger partial charge in [-0.25, -0.2) is 0 Å². The average Bonchev–Trinajstić information content (AvgIpc) is 1.89. The second-order valence-electron chi connectivity index (χ2n) is 1.48. The third kappa shape index (κ3) is 6.96. The molecule has 0 atom stereocenters. The van der Waals surface area contributed by atoms with Gasteiger partial charge in [0.05, 0.1) is 0 Å². The lowest BCUT2D eigenvalue weighted by atomic mass is 10.3. The predicted octanol–water partition coefficient (Wildman–Crippen LogP) is 2.47.